The number of fused-ring (bicyclic) bond motifs is 3. The summed E-state index contributed by atoms with van der Waals surface area (Å²) < 4.78 is 7.23. The van der Waals surface area contributed by atoms with Gasteiger partial charge in [-0.1, -0.05) is 5.21 Å². The number of aromatic nitrogens is 4. The van der Waals surface area contributed by atoms with Crippen molar-refractivity contribution in [3.8, 4) is 5.88 Å². The van der Waals surface area contributed by atoms with Gasteiger partial charge in [0.1, 0.15) is 5.69 Å². The smallest absolute Gasteiger partial charge is 0.221 e. The molecule has 0 atom stereocenters. The van der Waals surface area contributed by atoms with Crippen LogP contribution >= 0.6 is 0 Å². The maximum absolute atomic E-state index is 5.39. The minimum atomic E-state index is 0.699. The zero-order valence-corrected chi connectivity index (χ0v) is 10.3. The van der Waals surface area contributed by atoms with E-state index < -0.39 is 0 Å². The lowest BCUT2D eigenvalue weighted by Crippen LogP contribution is -2.29. The van der Waals surface area contributed by atoms with E-state index in [1.807, 2.05) is 11.4 Å². The van der Waals surface area contributed by atoms with E-state index in [-0.39, 0.29) is 0 Å². The van der Waals surface area contributed by atoms with Crippen LogP contribution in [0.3, 0.4) is 0 Å². The van der Waals surface area contributed by atoms with Crippen LogP contribution in [0.15, 0.2) is 0 Å². The molecule has 3 heterocycles. The zero-order chi connectivity index (χ0) is 12.0. The Bertz CT molecular complexity index is 577. The molecule has 0 aliphatic carbocycles. The van der Waals surface area contributed by atoms with E-state index in [0.29, 0.717) is 5.88 Å². The Kier molecular flexibility index (Phi) is 2.25. The number of methoxy groups -OCH3 is 1. The van der Waals surface area contributed by atoms with Crippen molar-refractivity contribution in [3.05, 3.63) is 17.0 Å². The number of hydrogen-bond acceptors (Lipinski definition) is 5. The highest BCUT2D eigenvalue weighted by Crippen LogP contribution is 2.27. The van der Waals surface area contributed by atoms with Gasteiger partial charge < -0.3 is 9.64 Å². The van der Waals surface area contributed by atoms with Crippen LogP contribution in [0.1, 0.15) is 17.0 Å². The first kappa shape index (κ1) is 10.5. The first-order chi connectivity index (χ1) is 8.20. The molecule has 0 unspecified atom stereocenters. The van der Waals surface area contributed by atoms with Crippen molar-refractivity contribution >= 4 is 5.65 Å². The molecule has 0 aromatic carbocycles. The summed E-state index contributed by atoms with van der Waals surface area (Å²) in [5, 5.41) is 8.24. The first-order valence-electron chi connectivity index (χ1n) is 5.67. The van der Waals surface area contributed by atoms with Crippen LogP contribution < -0.4 is 4.74 Å². The third-order valence-corrected chi connectivity index (χ3v) is 3.23. The van der Waals surface area contributed by atoms with Crippen molar-refractivity contribution < 1.29 is 4.74 Å². The largest absolute Gasteiger partial charge is 0.481 e. The second-order valence-corrected chi connectivity index (χ2v) is 4.44. The molecule has 6 heteroatoms. The molecule has 17 heavy (non-hydrogen) atoms. The number of aryl methyl sites for hydroxylation is 1. The van der Waals surface area contributed by atoms with Crippen LogP contribution in [0.2, 0.25) is 0 Å². The highest BCUT2D eigenvalue weighted by molar-refractivity contribution is 5.49. The molecule has 0 N–H and O–H groups in total. The highest BCUT2D eigenvalue weighted by Gasteiger charge is 2.23. The van der Waals surface area contributed by atoms with Gasteiger partial charge in [0.2, 0.25) is 5.88 Å². The topological polar surface area (TPSA) is 55.6 Å². The van der Waals surface area contributed by atoms with Gasteiger partial charge in [-0.3, -0.25) is 0 Å². The molecule has 0 spiro atoms. The third-order valence-electron chi connectivity index (χ3n) is 3.23. The van der Waals surface area contributed by atoms with Crippen molar-refractivity contribution in [2.24, 2.45) is 0 Å². The van der Waals surface area contributed by atoms with E-state index in [0.717, 1.165) is 36.4 Å². The van der Waals surface area contributed by atoms with Crippen LogP contribution in [0, 0.1) is 6.92 Å². The number of hydrogen-bond donors (Lipinski definition) is 0. The van der Waals surface area contributed by atoms with Gasteiger partial charge in [0.15, 0.2) is 5.65 Å². The number of ether oxygens (including phenoxy) is 1. The van der Waals surface area contributed by atoms with E-state index >= 15 is 0 Å². The molecule has 0 bridgehead atoms. The molecule has 1 aliphatic heterocycles. The summed E-state index contributed by atoms with van der Waals surface area (Å²) in [7, 11) is 3.76. The lowest BCUT2D eigenvalue weighted by molar-refractivity contribution is 0.293. The summed E-state index contributed by atoms with van der Waals surface area (Å²) in [5.41, 5.74) is 3.93. The van der Waals surface area contributed by atoms with Gasteiger partial charge in [0.05, 0.1) is 18.4 Å². The lowest BCUT2D eigenvalue weighted by atomic mass is 10.1. The van der Waals surface area contributed by atoms with Crippen LogP contribution in [-0.2, 0) is 13.0 Å². The van der Waals surface area contributed by atoms with E-state index in [9.17, 15) is 0 Å². The van der Waals surface area contributed by atoms with Gasteiger partial charge in [0, 0.05) is 19.5 Å². The average Bonchev–Trinajstić information content (AvgIpc) is 2.70. The van der Waals surface area contributed by atoms with Crippen LogP contribution in [-0.4, -0.2) is 45.4 Å². The fraction of sp³-hybridized carbons (Fsp3) is 0.545. The van der Waals surface area contributed by atoms with E-state index in [2.05, 4.69) is 27.2 Å². The molecule has 90 valence electrons. The van der Waals surface area contributed by atoms with Crippen molar-refractivity contribution in [2.45, 2.75) is 19.9 Å². The second-order valence-electron chi connectivity index (χ2n) is 4.44. The van der Waals surface area contributed by atoms with E-state index in [4.69, 9.17) is 4.74 Å². The summed E-state index contributed by atoms with van der Waals surface area (Å²) in [5.74, 6) is 0.699. The Labute approximate surface area is 99.2 Å². The van der Waals surface area contributed by atoms with Crippen molar-refractivity contribution in [3.63, 3.8) is 0 Å². The zero-order valence-electron chi connectivity index (χ0n) is 10.3. The molecule has 2 aromatic rings. The van der Waals surface area contributed by atoms with Gasteiger partial charge in [-0.05, 0) is 14.0 Å². The standard InChI is InChI=1S/C11H15N5O/c1-7-10-12-11(17-3)8-6-15(2)5-4-9(8)16(10)14-13-7/h4-6H2,1-3H3. The van der Waals surface area contributed by atoms with Crippen LogP contribution in [0.25, 0.3) is 5.65 Å². The predicted molar refractivity (Wildman–Crippen MR) is 62.1 cm³/mol. The molecule has 0 radical (unpaired) electrons. The van der Waals surface area contributed by atoms with Crippen molar-refractivity contribution in [2.75, 3.05) is 20.7 Å². The third kappa shape index (κ3) is 1.48. The second kappa shape index (κ2) is 3.66. The van der Waals surface area contributed by atoms with E-state index in [1.54, 1.807) is 7.11 Å². The van der Waals surface area contributed by atoms with Crippen LogP contribution in [0.5, 0.6) is 5.88 Å². The van der Waals surface area contributed by atoms with Gasteiger partial charge >= 0.3 is 0 Å². The number of likely N-dealkylation sites (N-methyl/N-ethyl adjacent to an activating group) is 1. The SMILES string of the molecule is COc1nc2c(C)nnn2c2c1CN(C)CC2. The molecule has 0 saturated carbocycles. The summed E-state index contributed by atoms with van der Waals surface area (Å²) >= 11 is 0. The van der Waals surface area contributed by atoms with Crippen molar-refractivity contribution in [1.82, 2.24) is 24.7 Å². The number of rotatable bonds is 1. The molecule has 0 fully saturated rings. The molecular weight excluding hydrogens is 218 g/mol. The quantitative estimate of drug-likeness (QED) is 0.715. The Morgan fingerprint density at radius 3 is 2.94 bits per heavy atom. The summed E-state index contributed by atoms with van der Waals surface area (Å²) in [4.78, 5) is 6.74. The highest BCUT2D eigenvalue weighted by atomic mass is 16.5. The van der Waals surface area contributed by atoms with Gasteiger partial charge in [-0.25, -0.2) is 0 Å². The maximum Gasteiger partial charge on any atom is 0.221 e. The Balaban J connectivity index is 2.31. The summed E-state index contributed by atoms with van der Waals surface area (Å²) in [6.45, 7) is 3.78. The molecule has 2 aromatic heterocycles. The van der Waals surface area contributed by atoms with Gasteiger partial charge in [0.25, 0.3) is 0 Å². The molecule has 1 aliphatic rings. The van der Waals surface area contributed by atoms with Gasteiger partial charge in [-0.15, -0.1) is 5.10 Å². The minimum Gasteiger partial charge on any atom is -0.481 e. The number of nitrogens with zero attached hydrogens (tertiary/aromatic N) is 5. The molecule has 3 rings (SSSR count). The Hall–Kier alpha value is -1.69. The normalized spacial score (nSPS) is 16.2. The van der Waals surface area contributed by atoms with Crippen molar-refractivity contribution in [1.29, 1.82) is 0 Å². The first-order valence-corrected chi connectivity index (χ1v) is 5.67. The maximum atomic E-state index is 5.39. The monoisotopic (exact) mass is 233 g/mol. The van der Waals surface area contributed by atoms with Gasteiger partial charge in [-0.2, -0.15) is 9.50 Å². The molecular formula is C11H15N5O. The van der Waals surface area contributed by atoms with Crippen LogP contribution in [0.4, 0.5) is 0 Å². The predicted octanol–water partition coefficient (Wildman–Crippen LogP) is 0.429. The molecule has 0 saturated heterocycles. The molecule has 6 nitrogen and oxygen atoms in total. The lowest BCUT2D eigenvalue weighted by Gasteiger charge is -2.25. The van der Waals surface area contributed by atoms with E-state index in [1.165, 1.54) is 5.69 Å². The Morgan fingerprint density at radius 1 is 1.35 bits per heavy atom. The summed E-state index contributed by atoms with van der Waals surface area (Å²) in [6.07, 6.45) is 0.948. The molecule has 0 amide bonds. The fourth-order valence-electron chi connectivity index (χ4n) is 2.31. The fourth-order valence-corrected chi connectivity index (χ4v) is 2.31. The summed E-state index contributed by atoms with van der Waals surface area (Å²) in [6, 6.07) is 0. The Morgan fingerprint density at radius 2 is 2.18 bits per heavy atom. The minimum absolute atomic E-state index is 0.699. The average molecular weight is 233 g/mol.